The second-order valence-corrected chi connectivity index (χ2v) is 16.0. The summed E-state index contributed by atoms with van der Waals surface area (Å²) in [5.74, 6) is -2.00. The molecule has 0 aliphatic heterocycles. The lowest BCUT2D eigenvalue weighted by Crippen LogP contribution is -2.13. The van der Waals surface area contributed by atoms with Crippen molar-refractivity contribution in [2.75, 3.05) is 0 Å². The van der Waals surface area contributed by atoms with E-state index in [1.807, 2.05) is 18.2 Å². The summed E-state index contributed by atoms with van der Waals surface area (Å²) >= 11 is 0. The third kappa shape index (κ3) is 30.6. The average Bonchev–Trinajstić information content (AvgIpc) is 3.22. The van der Waals surface area contributed by atoms with Gasteiger partial charge in [-0.05, 0) is 75.0 Å². The van der Waals surface area contributed by atoms with Crippen LogP contribution in [-0.4, -0.2) is 17.9 Å². The molecule has 1 aromatic rings. The highest BCUT2D eigenvalue weighted by Gasteiger charge is 2.22. The lowest BCUT2D eigenvalue weighted by Gasteiger charge is -2.09. The summed E-state index contributed by atoms with van der Waals surface area (Å²) in [6.45, 7) is 6.75. The zero-order valence-corrected chi connectivity index (χ0v) is 37.0. The number of allylic oxidation sites excluding steroid dienone is 3. The number of benzene rings is 1. The first-order valence-electron chi connectivity index (χ1n) is 23.8. The van der Waals surface area contributed by atoms with Crippen molar-refractivity contribution in [1.29, 1.82) is 0 Å². The molecule has 0 radical (unpaired) electrons. The third-order valence-corrected chi connectivity index (χ3v) is 10.7. The van der Waals surface area contributed by atoms with Gasteiger partial charge in [-0.2, -0.15) is 0 Å². The molecule has 57 heavy (non-hydrogen) atoms. The van der Waals surface area contributed by atoms with Gasteiger partial charge in [0, 0.05) is 0 Å². The molecule has 0 unspecified atom stereocenters. The van der Waals surface area contributed by atoms with Crippen molar-refractivity contribution >= 4 is 17.9 Å². The van der Waals surface area contributed by atoms with Gasteiger partial charge in [-0.15, -0.1) is 0 Å². The quantitative estimate of drug-likeness (QED) is 0.0286. The first kappa shape index (κ1) is 51.9. The number of hydrogen-bond donors (Lipinski definition) is 0. The molecule has 6 heteroatoms. The Bertz CT molecular complexity index is 1210. The molecule has 0 fully saturated rings. The molecule has 0 heterocycles. The van der Waals surface area contributed by atoms with Crippen LogP contribution in [0.1, 0.15) is 264 Å². The number of carbonyl (C=O) groups is 3. The maximum Gasteiger partial charge on any atom is 0.343 e. The standard InChI is InChI=1S/C51H84O6/c1-4-7-10-13-16-19-22-25-28-31-34-37-42-55-49(52)46-40-41-47(50(53)56-43-38-35-32-29-26-23-20-17-14-11-8-5-2)48(45-46)51(54)57-44-39-36-33-30-27-24-21-18-15-12-9-6-3/h37-45H,4-36H2,1-3H3/b42-37+,43-38+,44-39+. The van der Waals surface area contributed by atoms with Crippen molar-refractivity contribution in [2.45, 2.75) is 233 Å². The van der Waals surface area contributed by atoms with Crippen LogP contribution < -0.4 is 0 Å². The average molecular weight is 793 g/mol. The molecule has 0 amide bonds. The van der Waals surface area contributed by atoms with Gasteiger partial charge in [-0.1, -0.05) is 194 Å². The zero-order chi connectivity index (χ0) is 41.3. The fourth-order valence-electron chi connectivity index (χ4n) is 7.00. The Morgan fingerprint density at radius 3 is 0.982 bits per heavy atom. The Hall–Kier alpha value is -3.15. The topological polar surface area (TPSA) is 78.9 Å². The molecule has 0 aromatic heterocycles. The molecule has 0 atom stereocenters. The highest BCUT2D eigenvalue weighted by Crippen LogP contribution is 2.19. The number of unbranched alkanes of at least 4 members (excludes halogenated alkanes) is 30. The number of hydrogen-bond acceptors (Lipinski definition) is 6. The van der Waals surface area contributed by atoms with Crippen LogP contribution in [0.4, 0.5) is 0 Å². The van der Waals surface area contributed by atoms with Crippen molar-refractivity contribution in [1.82, 2.24) is 0 Å². The van der Waals surface area contributed by atoms with Crippen molar-refractivity contribution in [2.24, 2.45) is 0 Å². The molecule has 324 valence electrons. The van der Waals surface area contributed by atoms with Gasteiger partial charge in [-0.25, -0.2) is 14.4 Å². The zero-order valence-electron chi connectivity index (χ0n) is 37.0. The van der Waals surface area contributed by atoms with Crippen molar-refractivity contribution in [3.63, 3.8) is 0 Å². The van der Waals surface area contributed by atoms with Gasteiger partial charge in [0.05, 0.1) is 35.5 Å². The van der Waals surface area contributed by atoms with Crippen LogP contribution >= 0.6 is 0 Å². The summed E-state index contributed by atoms with van der Waals surface area (Å²) in [6.07, 6.45) is 50.3. The van der Waals surface area contributed by atoms with Crippen LogP contribution in [0, 0.1) is 0 Å². The largest absolute Gasteiger partial charge is 0.431 e. The molecular weight excluding hydrogens is 709 g/mol. The lowest BCUT2D eigenvalue weighted by atomic mass is 10.0. The van der Waals surface area contributed by atoms with E-state index in [0.29, 0.717) is 0 Å². The Kier molecular flexibility index (Phi) is 36.1. The molecular formula is C51H84O6. The minimum Gasteiger partial charge on any atom is -0.431 e. The van der Waals surface area contributed by atoms with E-state index < -0.39 is 17.9 Å². The minimum atomic E-state index is -0.721. The van der Waals surface area contributed by atoms with Crippen LogP contribution in [0.2, 0.25) is 0 Å². The van der Waals surface area contributed by atoms with E-state index >= 15 is 0 Å². The maximum atomic E-state index is 13.3. The van der Waals surface area contributed by atoms with E-state index in [9.17, 15) is 14.4 Å². The third-order valence-electron chi connectivity index (χ3n) is 10.7. The Morgan fingerprint density at radius 1 is 0.368 bits per heavy atom. The molecule has 0 spiro atoms. The molecule has 0 aliphatic carbocycles. The highest BCUT2D eigenvalue weighted by molar-refractivity contribution is 6.05. The molecule has 0 saturated heterocycles. The van der Waals surface area contributed by atoms with E-state index in [2.05, 4.69) is 20.8 Å². The first-order valence-corrected chi connectivity index (χ1v) is 23.8. The Labute approximate surface area is 350 Å². The number of ether oxygens (including phenoxy) is 3. The van der Waals surface area contributed by atoms with Crippen molar-refractivity contribution < 1.29 is 28.6 Å². The van der Waals surface area contributed by atoms with Gasteiger partial charge < -0.3 is 14.2 Å². The van der Waals surface area contributed by atoms with E-state index in [4.69, 9.17) is 14.2 Å². The summed E-state index contributed by atoms with van der Waals surface area (Å²) in [6, 6.07) is 4.29. The molecule has 0 saturated carbocycles. The molecule has 6 nitrogen and oxygen atoms in total. The van der Waals surface area contributed by atoms with Gasteiger partial charge in [0.2, 0.25) is 0 Å². The smallest absolute Gasteiger partial charge is 0.343 e. The molecule has 0 aliphatic rings. The van der Waals surface area contributed by atoms with Crippen LogP contribution in [0.15, 0.2) is 55.2 Å². The van der Waals surface area contributed by atoms with E-state index in [0.717, 1.165) is 51.4 Å². The number of carbonyl (C=O) groups excluding carboxylic acids is 3. The van der Waals surface area contributed by atoms with Crippen molar-refractivity contribution in [3.05, 3.63) is 71.9 Å². The van der Waals surface area contributed by atoms with E-state index in [1.54, 1.807) is 0 Å². The summed E-state index contributed by atoms with van der Waals surface area (Å²) in [7, 11) is 0. The predicted molar refractivity (Wildman–Crippen MR) is 239 cm³/mol. The number of rotatable bonds is 39. The van der Waals surface area contributed by atoms with E-state index in [1.165, 1.54) is 198 Å². The van der Waals surface area contributed by atoms with Crippen molar-refractivity contribution in [3.8, 4) is 0 Å². The van der Waals surface area contributed by atoms with Gasteiger partial charge in [0.15, 0.2) is 0 Å². The molecule has 1 rings (SSSR count). The second kappa shape index (κ2) is 39.7. The maximum absolute atomic E-state index is 13.3. The minimum absolute atomic E-state index is 0.0320. The Balaban J connectivity index is 2.62. The van der Waals surface area contributed by atoms with Gasteiger partial charge in [-0.3, -0.25) is 0 Å². The van der Waals surface area contributed by atoms with Crippen LogP contribution in [0.5, 0.6) is 0 Å². The SMILES string of the molecule is CCCCCCCCCCCC/C=C/OC(=O)c1ccc(C(=O)O/C=C/CCCCCCCCCCCC)c(C(=O)O/C=C/CCCCCCCCCCCC)c1. The molecule has 0 bridgehead atoms. The summed E-state index contributed by atoms with van der Waals surface area (Å²) in [5.41, 5.74) is 0.170. The monoisotopic (exact) mass is 793 g/mol. The van der Waals surface area contributed by atoms with Crippen LogP contribution in [0.25, 0.3) is 0 Å². The highest BCUT2D eigenvalue weighted by atomic mass is 16.5. The molecule has 0 N–H and O–H groups in total. The van der Waals surface area contributed by atoms with Crippen LogP contribution in [0.3, 0.4) is 0 Å². The fraction of sp³-hybridized carbons (Fsp3) is 0.706. The molecule has 1 aromatic carbocycles. The Morgan fingerprint density at radius 2 is 0.649 bits per heavy atom. The summed E-state index contributed by atoms with van der Waals surface area (Å²) in [5, 5.41) is 0. The lowest BCUT2D eigenvalue weighted by molar-refractivity contribution is 0.0615. The van der Waals surface area contributed by atoms with Gasteiger partial charge in [0.25, 0.3) is 0 Å². The van der Waals surface area contributed by atoms with Crippen LogP contribution in [-0.2, 0) is 14.2 Å². The summed E-state index contributed by atoms with van der Waals surface area (Å²) < 4.78 is 16.2. The normalized spacial score (nSPS) is 11.6. The van der Waals surface area contributed by atoms with Gasteiger partial charge >= 0.3 is 17.9 Å². The van der Waals surface area contributed by atoms with Gasteiger partial charge in [0.1, 0.15) is 0 Å². The van der Waals surface area contributed by atoms with E-state index in [-0.39, 0.29) is 16.7 Å². The first-order chi connectivity index (χ1) is 28.0. The fourth-order valence-corrected chi connectivity index (χ4v) is 7.00. The summed E-state index contributed by atoms with van der Waals surface area (Å²) in [4.78, 5) is 39.3. The number of esters is 3. The second-order valence-electron chi connectivity index (χ2n) is 16.0. The predicted octanol–water partition coefficient (Wildman–Crippen LogP) is 16.6.